The number of carbonyl (C=O) groups is 4. The molecule has 1 N–H and O–H groups in total. The van der Waals surface area contributed by atoms with Gasteiger partial charge in [0.1, 0.15) is 11.8 Å². The predicted octanol–water partition coefficient (Wildman–Crippen LogP) is 1.12. The van der Waals surface area contributed by atoms with Crippen LogP contribution in [0.25, 0.3) is 0 Å². The summed E-state index contributed by atoms with van der Waals surface area (Å²) in [6.45, 7) is 4.00. The molecule has 122 valence electrons. The zero-order chi connectivity index (χ0) is 17.1. The van der Waals surface area contributed by atoms with E-state index >= 15 is 0 Å². The molecule has 7 heteroatoms. The number of methoxy groups -OCH3 is 1. The van der Waals surface area contributed by atoms with Crippen molar-refractivity contribution in [1.29, 1.82) is 0 Å². The molecule has 0 aliphatic carbocycles. The Morgan fingerprint density at radius 2 is 1.74 bits per heavy atom. The normalized spacial score (nSPS) is 19.8. The molecule has 2 aliphatic heterocycles. The number of nitrogens with zero attached hydrogens (tertiary/aromatic N) is 1. The number of nitrogens with one attached hydrogen (secondary N) is 1. The highest BCUT2D eigenvalue weighted by Crippen LogP contribution is 2.29. The van der Waals surface area contributed by atoms with Gasteiger partial charge in [0, 0.05) is 6.42 Å². The molecule has 0 spiro atoms. The molecule has 1 saturated heterocycles. The molecule has 3 rings (SSSR count). The fourth-order valence-corrected chi connectivity index (χ4v) is 2.58. The van der Waals surface area contributed by atoms with Crippen LogP contribution >= 0.6 is 0 Å². The first-order valence-corrected chi connectivity index (χ1v) is 7.42. The van der Waals surface area contributed by atoms with Gasteiger partial charge in [-0.25, -0.2) is 0 Å². The number of imide groups is 2. The number of hydrogen-bond donors (Lipinski definition) is 1. The van der Waals surface area contributed by atoms with Gasteiger partial charge in [0.2, 0.25) is 11.8 Å². The monoisotopic (exact) mass is 318 g/mol. The van der Waals surface area contributed by atoms with E-state index in [4.69, 9.17) is 4.74 Å². The fraction of sp³-hybridized carbons (Fsp3) is 0.375. The summed E-state index contributed by atoms with van der Waals surface area (Å²) in [6.07, 6.45) is 0.250. The third kappa shape index (κ3) is 2.81. The largest absolute Gasteiger partial charge is 0.497 e. The van der Waals surface area contributed by atoms with Crippen LogP contribution < -0.4 is 10.1 Å². The minimum Gasteiger partial charge on any atom is -0.497 e. The van der Waals surface area contributed by atoms with Crippen molar-refractivity contribution in [3.8, 4) is 5.75 Å². The molecule has 1 fully saturated rings. The first kappa shape index (κ1) is 16.7. The van der Waals surface area contributed by atoms with E-state index < -0.39 is 29.7 Å². The first-order chi connectivity index (χ1) is 11.0. The van der Waals surface area contributed by atoms with Crippen molar-refractivity contribution in [3.63, 3.8) is 0 Å². The SMILES string of the molecule is CC.COc1ccc2c(c1)C(=O)N(C1CCC(=O)NC1=O)C2=O. The van der Waals surface area contributed by atoms with E-state index in [-0.39, 0.29) is 24.0 Å². The van der Waals surface area contributed by atoms with E-state index in [0.717, 1.165) is 4.90 Å². The molecule has 1 atom stereocenters. The van der Waals surface area contributed by atoms with E-state index in [1.807, 2.05) is 13.8 Å². The van der Waals surface area contributed by atoms with Crippen molar-refractivity contribution in [3.05, 3.63) is 29.3 Å². The third-order valence-electron chi connectivity index (χ3n) is 3.65. The van der Waals surface area contributed by atoms with Crippen molar-refractivity contribution in [1.82, 2.24) is 10.2 Å². The molecule has 2 heterocycles. The molecular formula is C16H18N2O5. The van der Waals surface area contributed by atoms with Gasteiger partial charge in [-0.2, -0.15) is 0 Å². The lowest BCUT2D eigenvalue weighted by Crippen LogP contribution is -2.54. The van der Waals surface area contributed by atoms with Crippen LogP contribution in [0.5, 0.6) is 5.75 Å². The third-order valence-corrected chi connectivity index (χ3v) is 3.65. The number of rotatable bonds is 2. The Morgan fingerprint density at radius 1 is 1.09 bits per heavy atom. The number of ether oxygens (including phenoxy) is 1. The van der Waals surface area contributed by atoms with Crippen LogP contribution in [0.3, 0.4) is 0 Å². The van der Waals surface area contributed by atoms with Crippen molar-refractivity contribution in [2.24, 2.45) is 0 Å². The molecule has 0 saturated carbocycles. The highest BCUT2D eigenvalue weighted by Gasteiger charge is 2.44. The lowest BCUT2D eigenvalue weighted by Gasteiger charge is -2.27. The Hall–Kier alpha value is -2.70. The van der Waals surface area contributed by atoms with E-state index in [2.05, 4.69) is 5.32 Å². The highest BCUT2D eigenvalue weighted by atomic mass is 16.5. The number of fused-ring (bicyclic) bond motifs is 1. The van der Waals surface area contributed by atoms with Gasteiger partial charge in [0.15, 0.2) is 0 Å². The van der Waals surface area contributed by atoms with Crippen LogP contribution in [-0.2, 0) is 9.59 Å². The maximum atomic E-state index is 12.4. The summed E-state index contributed by atoms with van der Waals surface area (Å²) in [5, 5.41) is 2.15. The van der Waals surface area contributed by atoms with Gasteiger partial charge in [-0.3, -0.25) is 29.4 Å². The summed E-state index contributed by atoms with van der Waals surface area (Å²) in [5.74, 6) is -1.61. The second kappa shape index (κ2) is 6.60. The van der Waals surface area contributed by atoms with Gasteiger partial charge in [-0.05, 0) is 24.6 Å². The second-order valence-corrected chi connectivity index (χ2v) is 4.86. The second-order valence-electron chi connectivity index (χ2n) is 4.86. The number of carbonyl (C=O) groups excluding carboxylic acids is 4. The van der Waals surface area contributed by atoms with Crippen LogP contribution in [0, 0.1) is 0 Å². The number of hydrogen-bond acceptors (Lipinski definition) is 5. The minimum absolute atomic E-state index is 0.104. The minimum atomic E-state index is -0.943. The molecule has 0 aromatic heterocycles. The highest BCUT2D eigenvalue weighted by molar-refractivity contribution is 6.23. The van der Waals surface area contributed by atoms with E-state index in [0.29, 0.717) is 5.75 Å². The molecule has 0 radical (unpaired) electrons. The smallest absolute Gasteiger partial charge is 0.262 e. The van der Waals surface area contributed by atoms with Gasteiger partial charge >= 0.3 is 0 Å². The molecule has 1 unspecified atom stereocenters. The zero-order valence-corrected chi connectivity index (χ0v) is 13.2. The predicted molar refractivity (Wildman–Crippen MR) is 81.0 cm³/mol. The van der Waals surface area contributed by atoms with Crippen molar-refractivity contribution < 1.29 is 23.9 Å². The number of amides is 4. The lowest BCUT2D eigenvalue weighted by atomic mass is 10.0. The number of piperidine rings is 1. The van der Waals surface area contributed by atoms with E-state index in [1.54, 1.807) is 6.07 Å². The number of benzene rings is 1. The summed E-state index contributed by atoms with van der Waals surface area (Å²) >= 11 is 0. The topological polar surface area (TPSA) is 92.8 Å². The van der Waals surface area contributed by atoms with Crippen molar-refractivity contribution >= 4 is 23.6 Å². The molecule has 1 aromatic rings. The molecular weight excluding hydrogens is 300 g/mol. The quantitative estimate of drug-likeness (QED) is 0.825. The summed E-state index contributed by atoms with van der Waals surface area (Å²) < 4.78 is 5.03. The van der Waals surface area contributed by atoms with Crippen LogP contribution in [0.1, 0.15) is 47.4 Å². The molecule has 1 aromatic carbocycles. The zero-order valence-electron chi connectivity index (χ0n) is 13.2. The van der Waals surface area contributed by atoms with Crippen LogP contribution in [0.4, 0.5) is 0 Å². The summed E-state index contributed by atoms with van der Waals surface area (Å²) in [4.78, 5) is 48.7. The standard InChI is InChI=1S/C14H12N2O5.C2H6/c1-21-7-2-3-8-9(6-7)14(20)16(13(8)19)10-4-5-11(17)15-12(10)18;1-2/h2-3,6,10H,4-5H2,1H3,(H,15,17,18);1-2H3. The Kier molecular flexibility index (Phi) is 4.78. The molecule has 23 heavy (non-hydrogen) atoms. The van der Waals surface area contributed by atoms with Crippen LogP contribution in [0.15, 0.2) is 18.2 Å². The maximum Gasteiger partial charge on any atom is 0.262 e. The molecule has 4 amide bonds. The summed E-state index contributed by atoms with van der Waals surface area (Å²) in [7, 11) is 1.46. The fourth-order valence-electron chi connectivity index (χ4n) is 2.58. The van der Waals surface area contributed by atoms with E-state index in [9.17, 15) is 19.2 Å². The Morgan fingerprint density at radius 3 is 2.35 bits per heavy atom. The lowest BCUT2D eigenvalue weighted by molar-refractivity contribution is -0.136. The van der Waals surface area contributed by atoms with Gasteiger partial charge in [0.05, 0.1) is 18.2 Å². The molecule has 7 nitrogen and oxygen atoms in total. The van der Waals surface area contributed by atoms with Crippen molar-refractivity contribution in [2.75, 3.05) is 7.11 Å². The average Bonchev–Trinajstić information content (AvgIpc) is 2.81. The Bertz CT molecular complexity index is 683. The van der Waals surface area contributed by atoms with E-state index in [1.165, 1.54) is 19.2 Å². The first-order valence-electron chi connectivity index (χ1n) is 7.42. The summed E-state index contributed by atoms with van der Waals surface area (Å²) in [6, 6.07) is 3.61. The van der Waals surface area contributed by atoms with Crippen LogP contribution in [-0.4, -0.2) is 41.7 Å². The maximum absolute atomic E-state index is 12.4. The van der Waals surface area contributed by atoms with Gasteiger partial charge in [0.25, 0.3) is 11.8 Å². The van der Waals surface area contributed by atoms with Crippen molar-refractivity contribution in [2.45, 2.75) is 32.7 Å². The average molecular weight is 318 g/mol. The molecule has 2 aliphatic rings. The van der Waals surface area contributed by atoms with Gasteiger partial charge in [-0.15, -0.1) is 0 Å². The van der Waals surface area contributed by atoms with Crippen LogP contribution in [0.2, 0.25) is 0 Å². The Balaban J connectivity index is 0.000000924. The Labute approximate surface area is 133 Å². The summed E-state index contributed by atoms with van der Waals surface area (Å²) in [5.41, 5.74) is 0.453. The van der Waals surface area contributed by atoms with Gasteiger partial charge in [-0.1, -0.05) is 13.8 Å². The molecule has 0 bridgehead atoms. The van der Waals surface area contributed by atoms with Gasteiger partial charge < -0.3 is 4.74 Å².